The van der Waals surface area contributed by atoms with Gasteiger partial charge in [-0.2, -0.15) is 0 Å². The second-order valence-corrected chi connectivity index (χ2v) is 3.63. The molecule has 1 aromatic rings. The van der Waals surface area contributed by atoms with E-state index in [1.807, 2.05) is 6.92 Å². The summed E-state index contributed by atoms with van der Waals surface area (Å²) in [6.07, 6.45) is -0.616. The van der Waals surface area contributed by atoms with E-state index in [4.69, 9.17) is 16.3 Å². The average Bonchev–Trinajstić information content (AvgIpc) is 2.20. The van der Waals surface area contributed by atoms with Crippen LogP contribution in [0.2, 0.25) is 5.02 Å². The van der Waals surface area contributed by atoms with E-state index in [0.29, 0.717) is 10.8 Å². The number of rotatable bonds is 3. The highest BCUT2D eigenvalue weighted by atomic mass is 35.5. The van der Waals surface area contributed by atoms with Gasteiger partial charge in [-0.1, -0.05) is 11.6 Å². The number of hydrogen-bond acceptors (Lipinski definition) is 3. The summed E-state index contributed by atoms with van der Waals surface area (Å²) in [7, 11) is 1.33. The summed E-state index contributed by atoms with van der Waals surface area (Å²) >= 11 is 5.80. The van der Waals surface area contributed by atoms with Gasteiger partial charge in [-0.05, 0) is 37.6 Å². The molecule has 0 N–H and O–H groups in total. The summed E-state index contributed by atoms with van der Waals surface area (Å²) in [6, 6.07) is 5.23. The average molecular weight is 229 g/mol. The third kappa shape index (κ3) is 3.13. The number of ether oxygens (including phenoxy) is 2. The summed E-state index contributed by atoms with van der Waals surface area (Å²) in [4.78, 5) is 11.1. The fraction of sp³-hybridized carbons (Fsp3) is 0.364. The van der Waals surface area contributed by atoms with E-state index in [2.05, 4.69) is 4.74 Å². The quantitative estimate of drug-likeness (QED) is 0.746. The first-order valence-electron chi connectivity index (χ1n) is 4.55. The van der Waals surface area contributed by atoms with Crippen LogP contribution < -0.4 is 4.74 Å². The Morgan fingerprint density at radius 2 is 2.13 bits per heavy atom. The maximum absolute atomic E-state index is 11.1. The zero-order valence-corrected chi connectivity index (χ0v) is 9.67. The minimum Gasteiger partial charge on any atom is -0.479 e. The van der Waals surface area contributed by atoms with Crippen molar-refractivity contribution in [1.82, 2.24) is 0 Å². The van der Waals surface area contributed by atoms with Crippen molar-refractivity contribution in [1.29, 1.82) is 0 Å². The van der Waals surface area contributed by atoms with Gasteiger partial charge in [0.2, 0.25) is 0 Å². The van der Waals surface area contributed by atoms with Crippen LogP contribution in [-0.2, 0) is 9.53 Å². The van der Waals surface area contributed by atoms with Gasteiger partial charge in [0.15, 0.2) is 6.10 Å². The largest absolute Gasteiger partial charge is 0.479 e. The van der Waals surface area contributed by atoms with Crippen LogP contribution in [0.15, 0.2) is 18.2 Å². The van der Waals surface area contributed by atoms with Crippen molar-refractivity contribution in [2.45, 2.75) is 20.0 Å². The van der Waals surface area contributed by atoms with Crippen molar-refractivity contribution in [2.75, 3.05) is 7.11 Å². The summed E-state index contributed by atoms with van der Waals surface area (Å²) in [5, 5.41) is 0.644. The Labute approximate surface area is 93.9 Å². The molecule has 0 radical (unpaired) electrons. The molecule has 15 heavy (non-hydrogen) atoms. The van der Waals surface area contributed by atoms with Gasteiger partial charge in [0.05, 0.1) is 7.11 Å². The minimum absolute atomic E-state index is 0.399. The normalized spacial score (nSPS) is 12.0. The molecule has 0 spiro atoms. The number of methoxy groups -OCH3 is 1. The van der Waals surface area contributed by atoms with Crippen LogP contribution in [0, 0.1) is 6.92 Å². The first-order valence-corrected chi connectivity index (χ1v) is 4.93. The van der Waals surface area contributed by atoms with Gasteiger partial charge < -0.3 is 9.47 Å². The third-order valence-electron chi connectivity index (χ3n) is 1.97. The monoisotopic (exact) mass is 228 g/mol. The molecule has 1 atom stereocenters. The lowest BCUT2D eigenvalue weighted by Crippen LogP contribution is -2.25. The van der Waals surface area contributed by atoms with E-state index in [9.17, 15) is 4.79 Å². The highest BCUT2D eigenvalue weighted by Gasteiger charge is 2.15. The Morgan fingerprint density at radius 1 is 1.47 bits per heavy atom. The van der Waals surface area contributed by atoms with Crippen LogP contribution in [-0.4, -0.2) is 19.2 Å². The summed E-state index contributed by atoms with van der Waals surface area (Å²) < 4.78 is 9.98. The number of hydrogen-bond donors (Lipinski definition) is 0. The molecule has 0 bridgehead atoms. The van der Waals surface area contributed by atoms with Gasteiger partial charge in [-0.3, -0.25) is 0 Å². The van der Waals surface area contributed by atoms with Crippen LogP contribution in [0.25, 0.3) is 0 Å². The van der Waals surface area contributed by atoms with Gasteiger partial charge in [-0.25, -0.2) is 4.79 Å². The number of benzene rings is 1. The van der Waals surface area contributed by atoms with Crippen molar-refractivity contribution in [2.24, 2.45) is 0 Å². The van der Waals surface area contributed by atoms with Crippen molar-refractivity contribution >= 4 is 17.6 Å². The number of esters is 1. The van der Waals surface area contributed by atoms with E-state index < -0.39 is 12.1 Å². The molecular formula is C11H13ClO3. The molecule has 0 aliphatic carbocycles. The zero-order chi connectivity index (χ0) is 11.4. The second kappa shape index (κ2) is 5.03. The Hall–Kier alpha value is -1.22. The topological polar surface area (TPSA) is 35.5 Å². The lowest BCUT2D eigenvalue weighted by atomic mass is 10.2. The number of carbonyl (C=O) groups is 1. The van der Waals surface area contributed by atoms with Crippen LogP contribution in [0.5, 0.6) is 5.75 Å². The molecule has 82 valence electrons. The molecule has 3 nitrogen and oxygen atoms in total. The predicted octanol–water partition coefficient (Wildman–Crippen LogP) is 2.59. The van der Waals surface area contributed by atoms with Gasteiger partial charge >= 0.3 is 5.97 Å². The van der Waals surface area contributed by atoms with E-state index >= 15 is 0 Å². The summed E-state index contributed by atoms with van der Waals surface area (Å²) in [5.41, 5.74) is 0.887. The van der Waals surface area contributed by atoms with Crippen LogP contribution in [0.1, 0.15) is 12.5 Å². The maximum Gasteiger partial charge on any atom is 0.346 e. The smallest absolute Gasteiger partial charge is 0.346 e. The standard InChI is InChI=1S/C11H13ClO3/c1-7-6-9(12)4-5-10(7)15-8(2)11(13)14-3/h4-6,8H,1-3H3. The first-order chi connectivity index (χ1) is 7.04. The highest BCUT2D eigenvalue weighted by Crippen LogP contribution is 2.22. The van der Waals surface area contributed by atoms with Crippen LogP contribution in [0.3, 0.4) is 0 Å². The maximum atomic E-state index is 11.1. The molecule has 0 heterocycles. The highest BCUT2D eigenvalue weighted by molar-refractivity contribution is 6.30. The molecule has 0 amide bonds. The lowest BCUT2D eigenvalue weighted by Gasteiger charge is -2.14. The molecule has 0 saturated carbocycles. The van der Waals surface area contributed by atoms with Gasteiger partial charge in [0, 0.05) is 5.02 Å². The van der Waals surface area contributed by atoms with E-state index in [-0.39, 0.29) is 0 Å². The van der Waals surface area contributed by atoms with Gasteiger partial charge in [0.1, 0.15) is 5.75 Å². The number of carbonyl (C=O) groups excluding carboxylic acids is 1. The molecule has 1 unspecified atom stereocenters. The Kier molecular flexibility index (Phi) is 3.97. The van der Waals surface area contributed by atoms with E-state index in [1.54, 1.807) is 25.1 Å². The van der Waals surface area contributed by atoms with E-state index in [0.717, 1.165) is 5.56 Å². The van der Waals surface area contributed by atoms with Crippen molar-refractivity contribution in [3.63, 3.8) is 0 Å². The Balaban J connectivity index is 2.76. The van der Waals surface area contributed by atoms with E-state index in [1.165, 1.54) is 7.11 Å². The minimum atomic E-state index is -0.616. The Morgan fingerprint density at radius 3 is 2.67 bits per heavy atom. The molecular weight excluding hydrogens is 216 g/mol. The zero-order valence-electron chi connectivity index (χ0n) is 8.91. The predicted molar refractivity (Wildman–Crippen MR) is 58.3 cm³/mol. The molecule has 1 rings (SSSR count). The molecule has 0 aliphatic heterocycles. The number of halogens is 1. The SMILES string of the molecule is COC(=O)C(C)Oc1ccc(Cl)cc1C. The van der Waals surface area contributed by atoms with Crippen molar-refractivity contribution < 1.29 is 14.3 Å². The molecule has 0 aliphatic rings. The molecule has 0 fully saturated rings. The fourth-order valence-electron chi connectivity index (χ4n) is 1.15. The Bertz CT molecular complexity index is 363. The molecule has 0 aromatic heterocycles. The second-order valence-electron chi connectivity index (χ2n) is 3.19. The molecule has 4 heteroatoms. The lowest BCUT2D eigenvalue weighted by molar-refractivity contribution is -0.147. The van der Waals surface area contributed by atoms with Crippen molar-refractivity contribution in [3.05, 3.63) is 28.8 Å². The fourth-order valence-corrected chi connectivity index (χ4v) is 1.38. The van der Waals surface area contributed by atoms with Gasteiger partial charge in [0.25, 0.3) is 0 Å². The summed E-state index contributed by atoms with van der Waals surface area (Å²) in [6.45, 7) is 3.51. The van der Waals surface area contributed by atoms with Crippen LogP contribution >= 0.6 is 11.6 Å². The third-order valence-corrected chi connectivity index (χ3v) is 2.21. The van der Waals surface area contributed by atoms with Gasteiger partial charge in [-0.15, -0.1) is 0 Å². The number of aryl methyl sites for hydroxylation is 1. The van der Waals surface area contributed by atoms with Crippen LogP contribution in [0.4, 0.5) is 0 Å². The first kappa shape index (κ1) is 11.9. The summed E-state index contributed by atoms with van der Waals surface area (Å²) in [5.74, 6) is 0.238. The molecule has 0 saturated heterocycles. The van der Waals surface area contributed by atoms with Crippen molar-refractivity contribution in [3.8, 4) is 5.75 Å². The molecule has 1 aromatic carbocycles.